The topological polar surface area (TPSA) is 109 Å². The number of hydrogen-bond donors (Lipinski definition) is 2. The number of fused-ring (bicyclic) bond motifs is 2. The van der Waals surface area contributed by atoms with Crippen LogP contribution in [0.25, 0.3) is 5.65 Å². The van der Waals surface area contributed by atoms with Gasteiger partial charge in [0.25, 0.3) is 5.91 Å². The molecule has 9 nitrogen and oxygen atoms in total. The van der Waals surface area contributed by atoms with E-state index in [9.17, 15) is 13.2 Å². The molecule has 0 aliphatic carbocycles. The van der Waals surface area contributed by atoms with E-state index in [-0.39, 0.29) is 16.7 Å². The number of rotatable bonds is 2. The average Bonchev–Trinajstić information content (AvgIpc) is 3.17. The van der Waals surface area contributed by atoms with Gasteiger partial charge >= 0.3 is 0 Å². The molecule has 29 heavy (non-hydrogen) atoms. The molecule has 1 saturated heterocycles. The Balaban J connectivity index is 1.38. The number of piperidine rings is 1. The number of hydrogen-bond acceptors (Lipinski definition) is 6. The first-order chi connectivity index (χ1) is 14.0. The second-order valence-corrected chi connectivity index (χ2v) is 9.02. The van der Waals surface area contributed by atoms with Crippen LogP contribution in [0.4, 0.5) is 5.69 Å². The summed E-state index contributed by atoms with van der Waals surface area (Å²) in [6.45, 7) is 1.07. The standard InChI is InChI=1S/C19H20N6O3S/c26-19(14-11-21-25-10-4-8-20-18(14)25)24-9-3-5-13(12-24)17-22-15-6-1-2-7-16(15)29(27,28)23-17/h1-2,4,6-8,10-11,13,17,22-23H,3,5,9,12H2/t13-,17-/m0/s1. The normalized spacial score (nSPS) is 23.4. The number of amides is 1. The van der Waals surface area contributed by atoms with Crippen LogP contribution in [0.3, 0.4) is 0 Å². The number of aromatic nitrogens is 3. The van der Waals surface area contributed by atoms with Crippen molar-refractivity contribution in [1.82, 2.24) is 24.2 Å². The summed E-state index contributed by atoms with van der Waals surface area (Å²) >= 11 is 0. The molecule has 0 bridgehead atoms. The first-order valence-corrected chi connectivity index (χ1v) is 11.0. The van der Waals surface area contributed by atoms with Gasteiger partial charge in [0, 0.05) is 31.4 Å². The lowest BCUT2D eigenvalue weighted by Gasteiger charge is -2.39. The minimum atomic E-state index is -3.59. The highest BCUT2D eigenvalue weighted by molar-refractivity contribution is 7.89. The van der Waals surface area contributed by atoms with Crippen LogP contribution in [0, 0.1) is 5.92 Å². The van der Waals surface area contributed by atoms with Gasteiger partial charge < -0.3 is 10.2 Å². The van der Waals surface area contributed by atoms with Crippen LogP contribution < -0.4 is 10.0 Å². The summed E-state index contributed by atoms with van der Waals surface area (Å²) in [5.74, 6) is -0.187. The van der Waals surface area contributed by atoms with Crippen molar-refractivity contribution in [3.8, 4) is 0 Å². The summed E-state index contributed by atoms with van der Waals surface area (Å²) in [7, 11) is -3.59. The number of anilines is 1. The van der Waals surface area contributed by atoms with Crippen LogP contribution in [-0.2, 0) is 10.0 Å². The second-order valence-electron chi connectivity index (χ2n) is 7.34. The largest absolute Gasteiger partial charge is 0.368 e. The van der Waals surface area contributed by atoms with Gasteiger partial charge in [0.1, 0.15) is 10.5 Å². The number of para-hydroxylation sites is 1. The van der Waals surface area contributed by atoms with Crippen molar-refractivity contribution in [2.45, 2.75) is 23.9 Å². The molecule has 150 valence electrons. The molecule has 2 aliphatic rings. The van der Waals surface area contributed by atoms with Crippen LogP contribution in [-0.4, -0.2) is 53.1 Å². The Kier molecular flexibility index (Phi) is 4.25. The molecule has 1 fully saturated rings. The van der Waals surface area contributed by atoms with Crippen molar-refractivity contribution in [3.05, 3.63) is 54.5 Å². The molecule has 10 heteroatoms. The van der Waals surface area contributed by atoms with Crippen LogP contribution >= 0.6 is 0 Å². The highest BCUT2D eigenvalue weighted by Crippen LogP contribution is 2.30. The quantitative estimate of drug-likeness (QED) is 0.657. The van der Waals surface area contributed by atoms with Crippen LogP contribution in [0.2, 0.25) is 0 Å². The van der Waals surface area contributed by atoms with Crippen molar-refractivity contribution in [2.75, 3.05) is 18.4 Å². The van der Waals surface area contributed by atoms with Gasteiger partial charge in [-0.15, -0.1) is 0 Å². The highest BCUT2D eigenvalue weighted by Gasteiger charge is 2.37. The smallest absolute Gasteiger partial charge is 0.259 e. The molecule has 0 saturated carbocycles. The number of nitrogens with one attached hydrogen (secondary N) is 2. The minimum absolute atomic E-state index is 0.0503. The van der Waals surface area contributed by atoms with Gasteiger partial charge in [-0.25, -0.2) is 17.9 Å². The highest BCUT2D eigenvalue weighted by atomic mass is 32.2. The van der Waals surface area contributed by atoms with E-state index in [2.05, 4.69) is 20.1 Å². The van der Waals surface area contributed by atoms with Gasteiger partial charge in [0.15, 0.2) is 5.65 Å². The fourth-order valence-corrected chi connectivity index (χ4v) is 5.46. The van der Waals surface area contributed by atoms with Crippen molar-refractivity contribution in [3.63, 3.8) is 0 Å². The fraction of sp³-hybridized carbons (Fsp3) is 0.316. The third-order valence-electron chi connectivity index (χ3n) is 5.50. The van der Waals surface area contributed by atoms with Crippen molar-refractivity contribution >= 4 is 27.3 Å². The minimum Gasteiger partial charge on any atom is -0.368 e. The maximum absolute atomic E-state index is 13.1. The lowest BCUT2D eigenvalue weighted by molar-refractivity contribution is 0.0660. The van der Waals surface area contributed by atoms with E-state index in [0.29, 0.717) is 30.0 Å². The number of carbonyl (C=O) groups excluding carboxylic acids is 1. The van der Waals surface area contributed by atoms with E-state index in [1.807, 2.05) is 0 Å². The third-order valence-corrected chi connectivity index (χ3v) is 7.00. The molecule has 0 spiro atoms. The monoisotopic (exact) mass is 412 g/mol. The lowest BCUT2D eigenvalue weighted by atomic mass is 9.94. The molecule has 2 N–H and O–H groups in total. The zero-order valence-corrected chi connectivity index (χ0v) is 16.3. The van der Waals surface area contributed by atoms with E-state index in [4.69, 9.17) is 0 Å². The van der Waals surface area contributed by atoms with Gasteiger partial charge in [-0.3, -0.25) is 4.79 Å². The average molecular weight is 412 g/mol. The predicted molar refractivity (Wildman–Crippen MR) is 106 cm³/mol. The first kappa shape index (κ1) is 18.1. The molecule has 3 aromatic rings. The zero-order valence-electron chi connectivity index (χ0n) is 15.5. The summed E-state index contributed by atoms with van der Waals surface area (Å²) in [6, 6.07) is 8.60. The van der Waals surface area contributed by atoms with Crippen molar-refractivity contribution in [1.29, 1.82) is 0 Å². The van der Waals surface area contributed by atoms with Crippen molar-refractivity contribution in [2.24, 2.45) is 5.92 Å². The van der Waals surface area contributed by atoms with Gasteiger partial charge in [-0.05, 0) is 31.0 Å². The SMILES string of the molecule is O=C(c1cnn2cccnc12)N1CCC[C@H]([C@H]2Nc3ccccc3S(=O)(=O)N2)C1. The summed E-state index contributed by atoms with van der Waals surface area (Å²) in [4.78, 5) is 19.4. The summed E-state index contributed by atoms with van der Waals surface area (Å²) < 4.78 is 29.6. The van der Waals surface area contributed by atoms with E-state index in [0.717, 1.165) is 12.8 Å². The fourth-order valence-electron chi connectivity index (χ4n) is 4.08. The van der Waals surface area contributed by atoms with Crippen LogP contribution in [0.1, 0.15) is 23.2 Å². The Hall–Kier alpha value is -2.98. The molecule has 1 amide bonds. The Morgan fingerprint density at radius 3 is 2.97 bits per heavy atom. The Morgan fingerprint density at radius 1 is 1.21 bits per heavy atom. The van der Waals surface area contributed by atoms with Gasteiger partial charge in [0.2, 0.25) is 10.0 Å². The number of sulfonamides is 1. The van der Waals surface area contributed by atoms with E-state index in [1.165, 1.54) is 6.20 Å². The Morgan fingerprint density at radius 2 is 2.07 bits per heavy atom. The molecule has 0 unspecified atom stereocenters. The Bertz CT molecular complexity index is 1190. The number of carbonyl (C=O) groups is 1. The Labute approximate surface area is 167 Å². The zero-order chi connectivity index (χ0) is 20.0. The second kappa shape index (κ2) is 6.82. The van der Waals surface area contributed by atoms with Crippen LogP contribution in [0.15, 0.2) is 53.8 Å². The third kappa shape index (κ3) is 3.14. The lowest BCUT2D eigenvalue weighted by Crippen LogP contribution is -2.54. The predicted octanol–water partition coefficient (Wildman–Crippen LogP) is 1.31. The van der Waals surface area contributed by atoms with Gasteiger partial charge in [0.05, 0.1) is 18.1 Å². The number of nitrogens with zero attached hydrogens (tertiary/aromatic N) is 4. The molecule has 4 heterocycles. The van der Waals surface area contributed by atoms with E-state index >= 15 is 0 Å². The van der Waals surface area contributed by atoms with Gasteiger partial charge in [-0.1, -0.05) is 12.1 Å². The maximum atomic E-state index is 13.1. The molecule has 1 aromatic carbocycles. The molecule has 2 aromatic heterocycles. The van der Waals surface area contributed by atoms with Crippen molar-refractivity contribution < 1.29 is 13.2 Å². The molecule has 2 aliphatic heterocycles. The van der Waals surface area contributed by atoms with E-state index < -0.39 is 16.2 Å². The van der Waals surface area contributed by atoms with E-state index in [1.54, 1.807) is 52.1 Å². The summed E-state index contributed by atoms with van der Waals surface area (Å²) in [5, 5.41) is 7.48. The molecular formula is C19H20N6O3S. The number of benzene rings is 1. The number of likely N-dealkylation sites (tertiary alicyclic amines) is 1. The molecule has 2 atom stereocenters. The summed E-state index contributed by atoms with van der Waals surface area (Å²) in [5.41, 5.74) is 1.56. The van der Waals surface area contributed by atoms with Crippen LogP contribution in [0.5, 0.6) is 0 Å². The molecular weight excluding hydrogens is 392 g/mol. The molecule has 5 rings (SSSR count). The summed E-state index contributed by atoms with van der Waals surface area (Å²) in [6.07, 6.45) is 6.06. The molecule has 0 radical (unpaired) electrons. The first-order valence-electron chi connectivity index (χ1n) is 9.48. The van der Waals surface area contributed by atoms with Gasteiger partial charge in [-0.2, -0.15) is 9.82 Å². The maximum Gasteiger partial charge on any atom is 0.259 e.